The van der Waals surface area contributed by atoms with Crippen molar-refractivity contribution in [3.05, 3.63) is 94.2 Å². The molecule has 6 nitrogen and oxygen atoms in total. The zero-order valence-electron chi connectivity index (χ0n) is 19.0. The van der Waals surface area contributed by atoms with Crippen LogP contribution in [0.4, 0.5) is 4.39 Å². The Hall–Kier alpha value is -3.29. The van der Waals surface area contributed by atoms with Crippen LogP contribution in [-0.4, -0.2) is 39.7 Å². The van der Waals surface area contributed by atoms with Gasteiger partial charge >= 0.3 is 0 Å². The Bertz CT molecular complexity index is 1260. The van der Waals surface area contributed by atoms with Gasteiger partial charge in [-0.1, -0.05) is 55.5 Å². The first kappa shape index (κ1) is 22.5. The topological polar surface area (TPSA) is 74.6 Å². The van der Waals surface area contributed by atoms with E-state index in [1.807, 2.05) is 43.3 Å². The zero-order chi connectivity index (χ0) is 23.8. The van der Waals surface area contributed by atoms with Crippen molar-refractivity contribution in [1.29, 1.82) is 0 Å². The zero-order valence-corrected chi connectivity index (χ0v) is 19.0. The summed E-state index contributed by atoms with van der Waals surface area (Å²) >= 11 is 0. The number of aliphatic hydroxyl groups is 1. The van der Waals surface area contributed by atoms with Gasteiger partial charge in [-0.15, -0.1) is 0 Å². The van der Waals surface area contributed by atoms with Gasteiger partial charge in [0.25, 0.3) is 5.56 Å². The Balaban J connectivity index is 1.53. The Morgan fingerprint density at radius 2 is 1.79 bits per heavy atom. The lowest BCUT2D eigenvalue weighted by Gasteiger charge is -2.37. The van der Waals surface area contributed by atoms with E-state index in [0.717, 1.165) is 11.3 Å². The number of amides is 1. The number of benzene rings is 2. The van der Waals surface area contributed by atoms with E-state index in [1.54, 1.807) is 28.8 Å². The summed E-state index contributed by atoms with van der Waals surface area (Å²) in [5, 5.41) is 13.3. The maximum atomic E-state index is 14.4. The number of nitrogens with one attached hydrogen (secondary N) is 1. The van der Waals surface area contributed by atoms with Crippen LogP contribution in [0.15, 0.2) is 71.5 Å². The van der Waals surface area contributed by atoms with E-state index in [-0.39, 0.29) is 41.6 Å². The number of pyridine rings is 1. The molecule has 1 aromatic heterocycles. The van der Waals surface area contributed by atoms with Crippen LogP contribution in [0, 0.1) is 17.7 Å². The van der Waals surface area contributed by atoms with E-state index < -0.39 is 11.7 Å². The summed E-state index contributed by atoms with van der Waals surface area (Å²) in [6.07, 6.45) is 0. The first-order valence-electron chi connectivity index (χ1n) is 11.7. The molecule has 2 aliphatic heterocycles. The molecule has 3 aromatic rings. The summed E-state index contributed by atoms with van der Waals surface area (Å²) < 4.78 is 16.1. The summed E-state index contributed by atoms with van der Waals surface area (Å²) in [5.41, 5.74) is 2.03. The fourth-order valence-electron chi connectivity index (χ4n) is 5.74. The molecular weight excluding hydrogens is 433 g/mol. The van der Waals surface area contributed by atoms with E-state index in [4.69, 9.17) is 0 Å². The molecule has 2 aliphatic rings. The molecule has 5 rings (SSSR count). The third-order valence-electron chi connectivity index (χ3n) is 7.31. The Kier molecular flexibility index (Phi) is 6.06. The fourth-order valence-corrected chi connectivity index (χ4v) is 5.74. The molecule has 1 amide bonds. The first-order chi connectivity index (χ1) is 16.5. The standard InChI is InChI=1S/C27H28FN3O3/c1-2-30-23-15-31-22(13-12-19(27(31)34)18-10-6-7-11-21(18)28)25(30)24(20(23)16-32)26(33)29-14-17-8-4-3-5-9-17/h3-13,20,23-25,32H,2,14-16H2,1H3,(H,29,33)/t20-,23-,24+,25+/m0/s1. The second-order valence-corrected chi connectivity index (χ2v) is 8.99. The summed E-state index contributed by atoms with van der Waals surface area (Å²) in [4.78, 5) is 29.1. The summed E-state index contributed by atoms with van der Waals surface area (Å²) in [6.45, 7) is 3.33. The summed E-state index contributed by atoms with van der Waals surface area (Å²) in [5.74, 6) is -1.38. The smallest absolute Gasteiger partial charge is 0.258 e. The fraction of sp³-hybridized carbons (Fsp3) is 0.333. The van der Waals surface area contributed by atoms with Gasteiger partial charge in [0.2, 0.25) is 5.91 Å². The quantitative estimate of drug-likeness (QED) is 0.592. The minimum atomic E-state index is -0.494. The predicted octanol–water partition coefficient (Wildman–Crippen LogP) is 2.95. The van der Waals surface area contributed by atoms with Crippen LogP contribution in [0.25, 0.3) is 11.1 Å². The molecular formula is C27H28FN3O3. The second-order valence-electron chi connectivity index (χ2n) is 8.99. The van der Waals surface area contributed by atoms with Crippen LogP contribution in [0.3, 0.4) is 0 Å². The minimum absolute atomic E-state index is 0.132. The number of carbonyl (C=O) groups is 1. The molecule has 2 bridgehead atoms. The lowest BCUT2D eigenvalue weighted by molar-refractivity contribution is -0.127. The maximum absolute atomic E-state index is 14.4. The van der Waals surface area contributed by atoms with Crippen molar-refractivity contribution in [2.75, 3.05) is 13.2 Å². The highest BCUT2D eigenvalue weighted by molar-refractivity contribution is 5.80. The van der Waals surface area contributed by atoms with E-state index in [9.17, 15) is 19.1 Å². The van der Waals surface area contributed by atoms with E-state index in [1.165, 1.54) is 6.07 Å². The third-order valence-corrected chi connectivity index (χ3v) is 7.31. The number of nitrogens with zero attached hydrogens (tertiary/aromatic N) is 2. The normalized spacial score (nSPS) is 23.5. The van der Waals surface area contributed by atoms with Gasteiger partial charge in [0.1, 0.15) is 5.82 Å². The molecule has 0 radical (unpaired) electrons. The molecule has 0 saturated carbocycles. The molecule has 1 saturated heterocycles. The second kappa shape index (κ2) is 9.16. The molecule has 176 valence electrons. The number of hydrogen-bond acceptors (Lipinski definition) is 4. The minimum Gasteiger partial charge on any atom is -0.396 e. The predicted molar refractivity (Wildman–Crippen MR) is 127 cm³/mol. The van der Waals surface area contributed by atoms with Gasteiger partial charge in [-0.3, -0.25) is 14.5 Å². The van der Waals surface area contributed by atoms with Crippen LogP contribution in [0.5, 0.6) is 0 Å². The third kappa shape index (κ3) is 3.65. The van der Waals surface area contributed by atoms with Gasteiger partial charge in [0.05, 0.1) is 17.5 Å². The Labute approximate surface area is 197 Å². The lowest BCUT2D eigenvalue weighted by Crippen LogP contribution is -2.46. The van der Waals surface area contributed by atoms with Gasteiger partial charge in [0.15, 0.2) is 0 Å². The van der Waals surface area contributed by atoms with Crippen LogP contribution in [0.2, 0.25) is 0 Å². The first-order valence-corrected chi connectivity index (χ1v) is 11.7. The number of likely N-dealkylation sites (N-methyl/N-ethyl adjacent to an activating group) is 1. The molecule has 2 aromatic carbocycles. The number of fused-ring (bicyclic) bond motifs is 4. The number of aliphatic hydroxyl groups excluding tert-OH is 1. The lowest BCUT2D eigenvalue weighted by atomic mass is 9.86. The monoisotopic (exact) mass is 461 g/mol. The number of rotatable bonds is 6. The molecule has 0 unspecified atom stereocenters. The number of hydrogen-bond donors (Lipinski definition) is 2. The molecule has 7 heteroatoms. The van der Waals surface area contributed by atoms with Crippen LogP contribution < -0.4 is 10.9 Å². The maximum Gasteiger partial charge on any atom is 0.258 e. The van der Waals surface area contributed by atoms with E-state index >= 15 is 0 Å². The van der Waals surface area contributed by atoms with Gasteiger partial charge in [-0.25, -0.2) is 4.39 Å². The Morgan fingerprint density at radius 3 is 2.50 bits per heavy atom. The number of aromatic nitrogens is 1. The molecule has 3 heterocycles. The van der Waals surface area contributed by atoms with E-state index in [0.29, 0.717) is 25.2 Å². The molecule has 0 aliphatic carbocycles. The van der Waals surface area contributed by atoms with Crippen LogP contribution in [-0.2, 0) is 17.9 Å². The van der Waals surface area contributed by atoms with Crippen molar-refractivity contribution in [1.82, 2.24) is 14.8 Å². The summed E-state index contributed by atoms with van der Waals surface area (Å²) in [6, 6.07) is 18.9. The van der Waals surface area contributed by atoms with Crippen LogP contribution >= 0.6 is 0 Å². The SMILES string of the molecule is CCN1[C@@H]2c3ccc(-c4ccccc4F)c(=O)n3C[C@H]1[C@H](CO)[C@H]2C(=O)NCc1ccccc1. The van der Waals surface area contributed by atoms with E-state index in [2.05, 4.69) is 10.2 Å². The van der Waals surface area contributed by atoms with Crippen molar-refractivity contribution in [2.45, 2.75) is 32.1 Å². The number of carbonyl (C=O) groups excluding carboxylic acids is 1. The summed E-state index contributed by atoms with van der Waals surface area (Å²) in [7, 11) is 0. The largest absolute Gasteiger partial charge is 0.396 e. The van der Waals surface area contributed by atoms with Gasteiger partial charge in [-0.2, -0.15) is 0 Å². The number of halogens is 1. The average Bonchev–Trinajstić information content (AvgIpc) is 3.09. The van der Waals surface area contributed by atoms with Crippen molar-refractivity contribution in [2.24, 2.45) is 11.8 Å². The van der Waals surface area contributed by atoms with Gasteiger partial charge in [-0.05, 0) is 30.3 Å². The highest BCUT2D eigenvalue weighted by Crippen LogP contribution is 2.48. The van der Waals surface area contributed by atoms with Gasteiger partial charge in [0, 0.05) is 42.9 Å². The van der Waals surface area contributed by atoms with Crippen molar-refractivity contribution >= 4 is 5.91 Å². The highest BCUT2D eigenvalue weighted by atomic mass is 19.1. The molecule has 4 atom stereocenters. The van der Waals surface area contributed by atoms with Crippen molar-refractivity contribution in [3.63, 3.8) is 0 Å². The van der Waals surface area contributed by atoms with Crippen molar-refractivity contribution in [3.8, 4) is 11.1 Å². The highest BCUT2D eigenvalue weighted by Gasteiger charge is 2.55. The molecule has 1 fully saturated rings. The average molecular weight is 462 g/mol. The van der Waals surface area contributed by atoms with Gasteiger partial charge < -0.3 is 15.0 Å². The van der Waals surface area contributed by atoms with Crippen molar-refractivity contribution < 1.29 is 14.3 Å². The molecule has 0 spiro atoms. The Morgan fingerprint density at radius 1 is 1.06 bits per heavy atom. The molecule has 34 heavy (non-hydrogen) atoms. The van der Waals surface area contributed by atoms with Crippen LogP contribution in [0.1, 0.15) is 24.2 Å². The molecule has 2 N–H and O–H groups in total.